The van der Waals surface area contributed by atoms with Gasteiger partial charge in [0.25, 0.3) is 5.56 Å². The average Bonchev–Trinajstić information content (AvgIpc) is 2.39. The zero-order chi connectivity index (χ0) is 13.1. The van der Waals surface area contributed by atoms with Crippen LogP contribution in [0.3, 0.4) is 0 Å². The van der Waals surface area contributed by atoms with Crippen LogP contribution in [-0.4, -0.2) is 22.8 Å². The third kappa shape index (κ3) is 2.10. The van der Waals surface area contributed by atoms with Gasteiger partial charge < -0.3 is 9.84 Å². The highest BCUT2D eigenvalue weighted by Crippen LogP contribution is 2.16. The summed E-state index contributed by atoms with van der Waals surface area (Å²) in [7, 11) is 1.33. The quantitative estimate of drug-likeness (QED) is 0.890. The molecule has 1 heterocycles. The minimum atomic E-state index is -1.14. The van der Waals surface area contributed by atoms with Gasteiger partial charge in [0.2, 0.25) is 0 Å². The Kier molecular flexibility index (Phi) is 3.14. The smallest absolute Gasteiger partial charge is 0.341 e. The van der Waals surface area contributed by atoms with Crippen molar-refractivity contribution in [1.82, 2.24) is 4.57 Å². The lowest BCUT2D eigenvalue weighted by atomic mass is 10.2. The molecule has 0 radical (unpaired) electrons. The van der Waals surface area contributed by atoms with E-state index in [1.54, 1.807) is 24.3 Å². The van der Waals surface area contributed by atoms with Crippen LogP contribution in [0.5, 0.6) is 5.75 Å². The van der Waals surface area contributed by atoms with Crippen LogP contribution in [0.15, 0.2) is 47.4 Å². The predicted molar refractivity (Wildman–Crippen MR) is 65.6 cm³/mol. The molecule has 0 spiro atoms. The van der Waals surface area contributed by atoms with Gasteiger partial charge >= 0.3 is 5.97 Å². The van der Waals surface area contributed by atoms with Gasteiger partial charge in [-0.05, 0) is 12.1 Å². The number of hydrogen-bond acceptors (Lipinski definition) is 3. The fourth-order valence-electron chi connectivity index (χ4n) is 1.64. The summed E-state index contributed by atoms with van der Waals surface area (Å²) in [6.45, 7) is 0. The lowest BCUT2D eigenvalue weighted by Crippen LogP contribution is -2.19. The van der Waals surface area contributed by atoms with Crippen molar-refractivity contribution < 1.29 is 14.6 Å². The van der Waals surface area contributed by atoms with Crippen molar-refractivity contribution in [2.45, 2.75) is 0 Å². The molecule has 0 atom stereocenters. The lowest BCUT2D eigenvalue weighted by Gasteiger charge is -2.09. The first-order valence-electron chi connectivity index (χ1n) is 5.23. The minimum Gasteiger partial charge on any atom is -0.496 e. The summed E-state index contributed by atoms with van der Waals surface area (Å²) in [5, 5.41) is 9.06. The fraction of sp³-hybridized carbons (Fsp3) is 0.0769. The first-order valence-corrected chi connectivity index (χ1v) is 5.23. The number of nitrogens with zero attached hydrogens (tertiary/aromatic N) is 1. The fourth-order valence-corrected chi connectivity index (χ4v) is 1.64. The molecule has 0 saturated heterocycles. The highest BCUT2D eigenvalue weighted by molar-refractivity contribution is 5.90. The summed E-state index contributed by atoms with van der Waals surface area (Å²) in [4.78, 5) is 22.9. The number of methoxy groups -OCH3 is 1. The van der Waals surface area contributed by atoms with Gasteiger partial charge in [-0.25, -0.2) is 4.79 Å². The Morgan fingerprint density at radius 1 is 1.28 bits per heavy atom. The molecule has 1 aromatic carbocycles. The van der Waals surface area contributed by atoms with E-state index in [2.05, 4.69) is 0 Å². The van der Waals surface area contributed by atoms with Crippen LogP contribution >= 0.6 is 0 Å². The molecular weight excluding hydrogens is 234 g/mol. The highest BCUT2D eigenvalue weighted by Gasteiger charge is 2.14. The minimum absolute atomic E-state index is 0.0547. The van der Waals surface area contributed by atoms with Crippen LogP contribution in [0.1, 0.15) is 10.4 Å². The largest absolute Gasteiger partial charge is 0.496 e. The highest BCUT2D eigenvalue weighted by atomic mass is 16.5. The van der Waals surface area contributed by atoms with Crippen molar-refractivity contribution in [2.75, 3.05) is 7.11 Å². The molecule has 0 fully saturated rings. The van der Waals surface area contributed by atoms with Crippen LogP contribution in [0.25, 0.3) is 5.69 Å². The van der Waals surface area contributed by atoms with Crippen molar-refractivity contribution in [3.05, 3.63) is 58.5 Å². The number of carboxylic acid groups (broad SMARTS) is 1. The Balaban J connectivity index is 2.67. The standard InChI is InChI=1S/C13H11NO4/c1-18-11-7-12(15)14(8-10(11)13(16)17)9-5-3-2-4-6-9/h2-8H,1H3,(H,16,17). The molecule has 0 amide bonds. The topological polar surface area (TPSA) is 68.5 Å². The number of carboxylic acids is 1. The summed E-state index contributed by atoms with van der Waals surface area (Å²) in [5.74, 6) is -1.09. The Labute approximate surface area is 103 Å². The Morgan fingerprint density at radius 3 is 2.50 bits per heavy atom. The summed E-state index contributed by atoms with van der Waals surface area (Å²) in [6.07, 6.45) is 1.26. The van der Waals surface area contributed by atoms with Gasteiger partial charge in [0, 0.05) is 18.0 Å². The molecule has 2 aromatic rings. The van der Waals surface area contributed by atoms with Gasteiger partial charge in [-0.3, -0.25) is 9.36 Å². The monoisotopic (exact) mass is 245 g/mol. The molecule has 0 aliphatic carbocycles. The Morgan fingerprint density at radius 2 is 1.94 bits per heavy atom. The van der Waals surface area contributed by atoms with E-state index in [1.807, 2.05) is 6.07 Å². The first-order chi connectivity index (χ1) is 8.63. The van der Waals surface area contributed by atoms with E-state index in [1.165, 1.54) is 17.9 Å². The van der Waals surface area contributed by atoms with Crippen LogP contribution < -0.4 is 10.3 Å². The average molecular weight is 245 g/mol. The van der Waals surface area contributed by atoms with Crippen molar-refractivity contribution in [3.8, 4) is 11.4 Å². The van der Waals surface area contributed by atoms with E-state index in [4.69, 9.17) is 9.84 Å². The molecule has 0 aliphatic heterocycles. The maximum absolute atomic E-state index is 11.9. The lowest BCUT2D eigenvalue weighted by molar-refractivity contribution is 0.0692. The van der Waals surface area contributed by atoms with E-state index in [0.717, 1.165) is 6.07 Å². The number of benzene rings is 1. The van der Waals surface area contributed by atoms with E-state index in [9.17, 15) is 9.59 Å². The number of rotatable bonds is 3. The van der Waals surface area contributed by atoms with Crippen molar-refractivity contribution in [3.63, 3.8) is 0 Å². The molecule has 0 aliphatic rings. The number of para-hydroxylation sites is 1. The Bertz CT molecular complexity index is 631. The number of ether oxygens (including phenoxy) is 1. The second kappa shape index (κ2) is 4.75. The molecule has 0 saturated carbocycles. The summed E-state index contributed by atoms with van der Waals surface area (Å²) < 4.78 is 6.15. The van der Waals surface area contributed by atoms with E-state index in [0.29, 0.717) is 5.69 Å². The SMILES string of the molecule is COc1cc(=O)n(-c2ccccc2)cc1C(=O)O. The van der Waals surface area contributed by atoms with Gasteiger partial charge in [0.1, 0.15) is 11.3 Å². The van der Waals surface area contributed by atoms with Crippen LogP contribution in [-0.2, 0) is 0 Å². The molecule has 5 nitrogen and oxygen atoms in total. The number of aromatic carboxylic acids is 1. The molecule has 0 unspecified atom stereocenters. The molecule has 92 valence electrons. The van der Waals surface area contributed by atoms with Crippen molar-refractivity contribution in [2.24, 2.45) is 0 Å². The summed E-state index contributed by atoms with van der Waals surface area (Å²) in [5.41, 5.74) is 0.205. The van der Waals surface area contributed by atoms with Gasteiger partial charge in [0.15, 0.2) is 0 Å². The third-order valence-corrected chi connectivity index (χ3v) is 2.50. The summed E-state index contributed by atoms with van der Waals surface area (Å²) in [6, 6.07) is 9.96. The van der Waals surface area contributed by atoms with Gasteiger partial charge in [-0.15, -0.1) is 0 Å². The molecular formula is C13H11NO4. The van der Waals surface area contributed by atoms with Gasteiger partial charge in [0.05, 0.1) is 7.11 Å². The maximum atomic E-state index is 11.9. The zero-order valence-corrected chi connectivity index (χ0v) is 9.66. The molecule has 1 aromatic heterocycles. The molecule has 18 heavy (non-hydrogen) atoms. The van der Waals surface area contributed by atoms with Crippen LogP contribution in [0.2, 0.25) is 0 Å². The van der Waals surface area contributed by atoms with E-state index in [-0.39, 0.29) is 16.9 Å². The van der Waals surface area contributed by atoms with E-state index >= 15 is 0 Å². The maximum Gasteiger partial charge on any atom is 0.341 e. The number of pyridine rings is 1. The van der Waals surface area contributed by atoms with Gasteiger partial charge in [-0.2, -0.15) is 0 Å². The zero-order valence-electron chi connectivity index (χ0n) is 9.66. The number of carbonyl (C=O) groups is 1. The second-order valence-corrected chi connectivity index (χ2v) is 3.60. The molecule has 2 rings (SSSR count). The van der Waals surface area contributed by atoms with Gasteiger partial charge in [-0.1, -0.05) is 18.2 Å². The normalized spacial score (nSPS) is 10.1. The molecule has 5 heteroatoms. The molecule has 1 N–H and O–H groups in total. The van der Waals surface area contributed by atoms with E-state index < -0.39 is 5.97 Å². The van der Waals surface area contributed by atoms with Crippen molar-refractivity contribution in [1.29, 1.82) is 0 Å². The summed E-state index contributed by atoms with van der Waals surface area (Å²) >= 11 is 0. The first kappa shape index (κ1) is 11.9. The van der Waals surface area contributed by atoms with Crippen LogP contribution in [0, 0.1) is 0 Å². The Hall–Kier alpha value is -2.56. The number of hydrogen-bond donors (Lipinski definition) is 1. The van der Waals surface area contributed by atoms with Crippen LogP contribution in [0.4, 0.5) is 0 Å². The predicted octanol–water partition coefficient (Wildman–Crippen LogP) is 1.54. The number of aromatic nitrogens is 1. The molecule has 0 bridgehead atoms. The second-order valence-electron chi connectivity index (χ2n) is 3.60. The van der Waals surface area contributed by atoms with Crippen molar-refractivity contribution >= 4 is 5.97 Å². The third-order valence-electron chi connectivity index (χ3n) is 2.50.